The van der Waals surface area contributed by atoms with Crippen LogP contribution in [0.1, 0.15) is 44.9 Å². The third-order valence-corrected chi connectivity index (χ3v) is 5.08. The van der Waals surface area contributed by atoms with Crippen molar-refractivity contribution in [1.82, 2.24) is 15.1 Å². The minimum absolute atomic E-state index is 0.889. The highest BCUT2D eigenvalue weighted by atomic mass is 15.2. The first-order chi connectivity index (χ1) is 9.31. The van der Waals surface area contributed by atoms with Gasteiger partial charge in [0.15, 0.2) is 0 Å². The smallest absolute Gasteiger partial charge is 0.0145 e. The summed E-state index contributed by atoms with van der Waals surface area (Å²) in [4.78, 5) is 5.35. The molecule has 3 heteroatoms. The van der Waals surface area contributed by atoms with Gasteiger partial charge in [-0.15, -0.1) is 0 Å². The molecule has 0 spiro atoms. The molecule has 1 N–H and O–H groups in total. The lowest BCUT2D eigenvalue weighted by atomic mass is 9.84. The van der Waals surface area contributed by atoms with Crippen molar-refractivity contribution in [2.75, 3.05) is 46.8 Å². The van der Waals surface area contributed by atoms with E-state index in [1.54, 1.807) is 0 Å². The van der Waals surface area contributed by atoms with Crippen molar-refractivity contribution in [2.24, 2.45) is 5.92 Å². The molecule has 0 aromatic carbocycles. The third-order valence-electron chi connectivity index (χ3n) is 5.08. The number of nitrogens with zero attached hydrogens (tertiary/aromatic N) is 2. The fraction of sp³-hybridized carbons (Fsp3) is 1.00. The summed E-state index contributed by atoms with van der Waals surface area (Å²) in [7, 11) is 4.37. The fourth-order valence-electron chi connectivity index (χ4n) is 3.92. The van der Waals surface area contributed by atoms with E-state index in [9.17, 15) is 0 Å². The number of rotatable bonds is 7. The molecule has 2 saturated heterocycles. The Hall–Kier alpha value is -0.120. The zero-order chi connectivity index (χ0) is 13.5. The molecule has 0 amide bonds. The molecule has 0 aliphatic carbocycles. The number of piperidine rings is 2. The van der Waals surface area contributed by atoms with Crippen LogP contribution in [0.4, 0.5) is 0 Å². The highest BCUT2D eigenvalue weighted by Gasteiger charge is 2.33. The maximum atomic E-state index is 3.23. The number of nitrogens with one attached hydrogen (secondary N) is 1. The zero-order valence-corrected chi connectivity index (χ0v) is 13.0. The highest BCUT2D eigenvalue weighted by molar-refractivity contribution is 4.89. The first-order valence-corrected chi connectivity index (χ1v) is 8.38. The number of unbranched alkanes of at least 4 members (excludes halogenated alkanes) is 3. The number of fused-ring (bicyclic) bond motifs is 1. The molecule has 0 aromatic rings. The van der Waals surface area contributed by atoms with Gasteiger partial charge in [0.2, 0.25) is 0 Å². The molecule has 112 valence electrons. The molecule has 0 radical (unpaired) electrons. The van der Waals surface area contributed by atoms with Gasteiger partial charge < -0.3 is 15.1 Å². The fourth-order valence-corrected chi connectivity index (χ4v) is 3.92. The Morgan fingerprint density at radius 2 is 1.89 bits per heavy atom. The van der Waals surface area contributed by atoms with Gasteiger partial charge in [0.05, 0.1) is 0 Å². The van der Waals surface area contributed by atoms with Gasteiger partial charge in [-0.1, -0.05) is 12.8 Å². The van der Waals surface area contributed by atoms with E-state index in [4.69, 9.17) is 0 Å². The van der Waals surface area contributed by atoms with Crippen LogP contribution in [0.15, 0.2) is 0 Å². The second kappa shape index (κ2) is 8.23. The van der Waals surface area contributed by atoms with Crippen molar-refractivity contribution < 1.29 is 0 Å². The second-order valence-corrected chi connectivity index (χ2v) is 6.56. The van der Waals surface area contributed by atoms with Crippen LogP contribution in [-0.4, -0.2) is 62.7 Å². The van der Waals surface area contributed by atoms with Crippen LogP contribution in [0, 0.1) is 5.92 Å². The molecule has 3 nitrogen and oxygen atoms in total. The summed E-state index contributed by atoms with van der Waals surface area (Å²) in [6.07, 6.45) is 9.82. The molecule has 0 bridgehead atoms. The Kier molecular flexibility index (Phi) is 6.62. The molecule has 2 atom stereocenters. The van der Waals surface area contributed by atoms with Gasteiger partial charge >= 0.3 is 0 Å². The Morgan fingerprint density at radius 3 is 2.74 bits per heavy atom. The van der Waals surface area contributed by atoms with Crippen LogP contribution in [0.25, 0.3) is 0 Å². The Labute approximate surface area is 119 Å². The molecule has 0 saturated carbocycles. The van der Waals surface area contributed by atoms with Crippen molar-refractivity contribution in [2.45, 2.75) is 51.0 Å². The lowest BCUT2D eigenvalue weighted by molar-refractivity contribution is 0.0380. The van der Waals surface area contributed by atoms with Gasteiger partial charge in [0.1, 0.15) is 0 Å². The van der Waals surface area contributed by atoms with Crippen LogP contribution in [0.3, 0.4) is 0 Å². The number of hydrogen-bond donors (Lipinski definition) is 1. The van der Waals surface area contributed by atoms with Crippen LogP contribution >= 0.6 is 0 Å². The molecule has 2 aliphatic rings. The predicted molar refractivity (Wildman–Crippen MR) is 82.6 cm³/mol. The average Bonchev–Trinajstić information content (AvgIpc) is 2.43. The predicted octanol–water partition coefficient (Wildman–Crippen LogP) is 2.18. The van der Waals surface area contributed by atoms with Crippen LogP contribution < -0.4 is 5.32 Å². The standard InChI is InChI=1S/C16H33N3/c1-17-10-5-3-4-6-12-19-13-9-16-15(14-19)8-7-11-18(16)2/h15-17H,3-14H2,1-2H3. The Morgan fingerprint density at radius 1 is 1.05 bits per heavy atom. The van der Waals surface area contributed by atoms with E-state index in [2.05, 4.69) is 22.2 Å². The Balaban J connectivity index is 1.59. The maximum absolute atomic E-state index is 3.23. The number of hydrogen-bond acceptors (Lipinski definition) is 3. The van der Waals surface area contributed by atoms with Crippen molar-refractivity contribution in [3.63, 3.8) is 0 Å². The molecule has 2 heterocycles. The molecule has 2 fully saturated rings. The first kappa shape index (κ1) is 15.3. The van der Waals surface area contributed by atoms with Crippen molar-refractivity contribution >= 4 is 0 Å². The van der Waals surface area contributed by atoms with E-state index in [0.29, 0.717) is 0 Å². The minimum Gasteiger partial charge on any atom is -0.320 e. The lowest BCUT2D eigenvalue weighted by Gasteiger charge is -2.46. The van der Waals surface area contributed by atoms with Crippen molar-refractivity contribution in [3.05, 3.63) is 0 Å². The van der Waals surface area contributed by atoms with Crippen molar-refractivity contribution in [1.29, 1.82) is 0 Å². The lowest BCUT2D eigenvalue weighted by Crippen LogP contribution is -2.52. The van der Waals surface area contributed by atoms with Gasteiger partial charge in [-0.05, 0) is 78.3 Å². The van der Waals surface area contributed by atoms with E-state index in [1.165, 1.54) is 77.7 Å². The van der Waals surface area contributed by atoms with Crippen LogP contribution in [-0.2, 0) is 0 Å². The largest absolute Gasteiger partial charge is 0.320 e. The average molecular weight is 267 g/mol. The van der Waals surface area contributed by atoms with E-state index < -0.39 is 0 Å². The molecule has 2 aliphatic heterocycles. The molecule has 2 rings (SSSR count). The summed E-state index contributed by atoms with van der Waals surface area (Å²) < 4.78 is 0. The number of likely N-dealkylation sites (tertiary alicyclic amines) is 2. The Bertz CT molecular complexity index is 244. The quantitative estimate of drug-likeness (QED) is 0.713. The summed E-state index contributed by atoms with van der Waals surface area (Å²) in [6, 6.07) is 0.889. The van der Waals surface area contributed by atoms with E-state index in [-0.39, 0.29) is 0 Å². The normalized spacial score (nSPS) is 29.4. The van der Waals surface area contributed by atoms with Gasteiger partial charge in [-0.25, -0.2) is 0 Å². The van der Waals surface area contributed by atoms with Crippen LogP contribution in [0.5, 0.6) is 0 Å². The SMILES string of the molecule is CNCCCCCCN1CCC2C(CCCN2C)C1. The van der Waals surface area contributed by atoms with Crippen molar-refractivity contribution in [3.8, 4) is 0 Å². The summed E-state index contributed by atoms with van der Waals surface area (Å²) in [5, 5.41) is 3.23. The summed E-state index contributed by atoms with van der Waals surface area (Å²) in [5.74, 6) is 0.955. The van der Waals surface area contributed by atoms with Gasteiger partial charge in [0, 0.05) is 12.6 Å². The highest BCUT2D eigenvalue weighted by Crippen LogP contribution is 2.29. The van der Waals surface area contributed by atoms with E-state index in [0.717, 1.165) is 12.0 Å². The molecular formula is C16H33N3. The molecular weight excluding hydrogens is 234 g/mol. The summed E-state index contributed by atoms with van der Waals surface area (Å²) in [6.45, 7) is 6.55. The third kappa shape index (κ3) is 4.73. The zero-order valence-electron chi connectivity index (χ0n) is 13.0. The van der Waals surface area contributed by atoms with Crippen LogP contribution in [0.2, 0.25) is 0 Å². The first-order valence-electron chi connectivity index (χ1n) is 8.38. The second-order valence-electron chi connectivity index (χ2n) is 6.56. The van der Waals surface area contributed by atoms with E-state index in [1.807, 2.05) is 7.05 Å². The molecule has 19 heavy (non-hydrogen) atoms. The van der Waals surface area contributed by atoms with Gasteiger partial charge in [0.25, 0.3) is 0 Å². The summed E-state index contributed by atoms with van der Waals surface area (Å²) in [5.41, 5.74) is 0. The van der Waals surface area contributed by atoms with Gasteiger partial charge in [-0.2, -0.15) is 0 Å². The monoisotopic (exact) mass is 267 g/mol. The molecule has 2 unspecified atom stereocenters. The minimum atomic E-state index is 0.889. The summed E-state index contributed by atoms with van der Waals surface area (Å²) >= 11 is 0. The molecule has 0 aromatic heterocycles. The van der Waals surface area contributed by atoms with E-state index >= 15 is 0 Å². The maximum Gasteiger partial charge on any atom is 0.0145 e. The van der Waals surface area contributed by atoms with Gasteiger partial charge in [-0.3, -0.25) is 0 Å². The topological polar surface area (TPSA) is 18.5 Å².